The third kappa shape index (κ3) is 4.87. The first-order valence-corrected chi connectivity index (χ1v) is 17.8. The average molecular weight is 407 g/mol. The van der Waals surface area contributed by atoms with E-state index in [2.05, 4.69) is 112 Å². The molecule has 0 nitrogen and oxygen atoms in total. The van der Waals surface area contributed by atoms with E-state index in [0.29, 0.717) is 0 Å². The molecule has 0 N–H and O–H groups in total. The van der Waals surface area contributed by atoms with Gasteiger partial charge in [-0.05, 0) is 39.3 Å². The fraction of sp³-hybridized carbons (Fsp3) is 0.292. The molecule has 0 aliphatic heterocycles. The summed E-state index contributed by atoms with van der Waals surface area (Å²) >= 11 is 0. The minimum Gasteiger partial charge on any atom is -0.0693 e. The zero-order valence-electron chi connectivity index (χ0n) is 17.5. The van der Waals surface area contributed by atoms with Crippen molar-refractivity contribution in [2.75, 3.05) is 0 Å². The standard InChI is InChI=1S/C24H31PSi2/c1-26(2,3)24(27(4,5)6)23-18-21(19-13-9-7-10-14-19)17-22(25-23)20-15-11-8-12-16-20/h7-18,24H,1-6H3. The predicted molar refractivity (Wildman–Crippen MR) is 129 cm³/mol. The third-order valence-electron chi connectivity index (χ3n) is 5.05. The molecule has 0 aliphatic rings. The van der Waals surface area contributed by atoms with Gasteiger partial charge in [-0.1, -0.05) is 108 Å². The first kappa shape index (κ1) is 20.3. The second-order valence-electron chi connectivity index (χ2n) is 9.56. The summed E-state index contributed by atoms with van der Waals surface area (Å²) in [7, 11) is -1.25. The van der Waals surface area contributed by atoms with Crippen LogP contribution in [0.2, 0.25) is 39.3 Å². The van der Waals surface area contributed by atoms with Crippen molar-refractivity contribution >= 4 is 24.3 Å². The zero-order valence-corrected chi connectivity index (χ0v) is 20.3. The molecule has 1 heterocycles. The molecular weight excluding hydrogens is 375 g/mol. The van der Waals surface area contributed by atoms with Gasteiger partial charge in [0.05, 0.1) is 0 Å². The van der Waals surface area contributed by atoms with Crippen molar-refractivity contribution in [2.24, 2.45) is 0 Å². The number of hydrogen-bond donors (Lipinski definition) is 0. The number of hydrogen-bond acceptors (Lipinski definition) is 0. The Morgan fingerprint density at radius 2 is 1.07 bits per heavy atom. The summed E-state index contributed by atoms with van der Waals surface area (Å²) in [6.45, 7) is 15.3. The molecule has 0 spiro atoms. The normalized spacial score (nSPS) is 12.7. The first-order chi connectivity index (χ1) is 12.7. The molecule has 3 heteroatoms. The van der Waals surface area contributed by atoms with Gasteiger partial charge in [0.1, 0.15) is 0 Å². The second-order valence-corrected chi connectivity index (χ2v) is 22.0. The summed E-state index contributed by atoms with van der Waals surface area (Å²) < 4.78 is 0. The molecule has 0 atom stereocenters. The average Bonchev–Trinajstić information content (AvgIpc) is 2.60. The summed E-state index contributed by atoms with van der Waals surface area (Å²) in [4.78, 5) is 0. The first-order valence-electron chi connectivity index (χ1n) is 9.79. The van der Waals surface area contributed by atoms with Gasteiger partial charge >= 0.3 is 0 Å². The maximum absolute atomic E-state index is 2.55. The van der Waals surface area contributed by atoms with E-state index in [9.17, 15) is 0 Å². The molecule has 140 valence electrons. The summed E-state index contributed by atoms with van der Waals surface area (Å²) in [5.74, 6) is 0. The predicted octanol–water partition coefficient (Wildman–Crippen LogP) is 8.44. The zero-order chi connectivity index (χ0) is 19.7. The minimum absolute atomic E-state index is 0.776. The minimum atomic E-state index is -1.32. The molecule has 0 fully saturated rings. The van der Waals surface area contributed by atoms with Crippen molar-refractivity contribution in [3.05, 3.63) is 78.1 Å². The van der Waals surface area contributed by atoms with Crippen molar-refractivity contribution in [1.29, 1.82) is 0 Å². The van der Waals surface area contributed by atoms with Crippen LogP contribution in [0, 0.1) is 0 Å². The molecule has 0 aliphatic carbocycles. The van der Waals surface area contributed by atoms with Crippen LogP contribution >= 0.6 is 8.19 Å². The van der Waals surface area contributed by atoms with Gasteiger partial charge in [-0.15, -0.1) is 0 Å². The SMILES string of the molecule is C[Si](C)(C)C(c1cc(-c2ccccc2)cc(-c2ccccc2)p1)[Si](C)(C)C. The van der Waals surface area contributed by atoms with Crippen molar-refractivity contribution in [3.63, 3.8) is 0 Å². The van der Waals surface area contributed by atoms with E-state index in [-0.39, 0.29) is 0 Å². The summed E-state index contributed by atoms with van der Waals surface area (Å²) in [6.07, 6.45) is 0. The molecule has 27 heavy (non-hydrogen) atoms. The lowest BCUT2D eigenvalue weighted by atomic mass is 10.1. The number of rotatable bonds is 5. The molecule has 0 saturated carbocycles. The fourth-order valence-corrected chi connectivity index (χ4v) is 20.6. The van der Waals surface area contributed by atoms with Crippen LogP contribution in [0.3, 0.4) is 0 Å². The van der Waals surface area contributed by atoms with Gasteiger partial charge in [-0.25, -0.2) is 0 Å². The van der Waals surface area contributed by atoms with Crippen LogP contribution in [0.5, 0.6) is 0 Å². The second kappa shape index (κ2) is 7.87. The topological polar surface area (TPSA) is 0 Å². The van der Waals surface area contributed by atoms with E-state index >= 15 is 0 Å². The monoisotopic (exact) mass is 406 g/mol. The van der Waals surface area contributed by atoms with Gasteiger partial charge in [0, 0.05) is 21.4 Å². The van der Waals surface area contributed by atoms with Crippen LogP contribution in [-0.2, 0) is 0 Å². The molecule has 0 unspecified atom stereocenters. The maximum Gasteiger partial charge on any atom is 0.0497 e. The molecule has 3 rings (SSSR count). The van der Waals surface area contributed by atoms with Crippen molar-refractivity contribution in [3.8, 4) is 22.0 Å². The van der Waals surface area contributed by atoms with E-state index in [1.807, 2.05) is 0 Å². The Morgan fingerprint density at radius 3 is 1.56 bits per heavy atom. The summed E-state index contributed by atoms with van der Waals surface area (Å²) in [5, 5.41) is 3.86. The van der Waals surface area contributed by atoms with Crippen LogP contribution in [0.15, 0.2) is 72.8 Å². The number of benzene rings is 2. The molecule has 0 amide bonds. The molecule has 2 aromatic carbocycles. The Balaban J connectivity index is 2.24. The van der Waals surface area contributed by atoms with Gasteiger partial charge in [-0.2, -0.15) is 0 Å². The molecule has 0 saturated heterocycles. The van der Waals surface area contributed by atoms with Crippen LogP contribution < -0.4 is 0 Å². The maximum atomic E-state index is 2.55. The Morgan fingerprint density at radius 1 is 0.593 bits per heavy atom. The Kier molecular flexibility index (Phi) is 5.91. The molecule has 0 bridgehead atoms. The van der Waals surface area contributed by atoms with Gasteiger partial charge in [0.2, 0.25) is 0 Å². The summed E-state index contributed by atoms with van der Waals surface area (Å²) in [5.41, 5.74) is 4.04. The quantitative estimate of drug-likeness (QED) is 0.373. The lowest BCUT2D eigenvalue weighted by Crippen LogP contribution is -2.46. The van der Waals surface area contributed by atoms with Gasteiger partial charge < -0.3 is 0 Å². The van der Waals surface area contributed by atoms with E-state index < -0.39 is 16.1 Å². The smallest absolute Gasteiger partial charge is 0.0497 e. The van der Waals surface area contributed by atoms with Crippen LogP contribution in [0.25, 0.3) is 22.0 Å². The van der Waals surface area contributed by atoms with Crippen molar-refractivity contribution in [2.45, 2.75) is 44.4 Å². The molecule has 1 aromatic heterocycles. The van der Waals surface area contributed by atoms with Crippen LogP contribution in [0.1, 0.15) is 10.5 Å². The van der Waals surface area contributed by atoms with Gasteiger partial charge in [0.15, 0.2) is 0 Å². The van der Waals surface area contributed by atoms with Crippen molar-refractivity contribution < 1.29 is 0 Å². The highest BCUT2D eigenvalue weighted by Crippen LogP contribution is 2.45. The van der Waals surface area contributed by atoms with Crippen LogP contribution in [-0.4, -0.2) is 16.1 Å². The Bertz CT molecular complexity index is 819. The fourth-order valence-electron chi connectivity index (χ4n) is 4.44. The van der Waals surface area contributed by atoms with E-state index in [1.165, 1.54) is 30.2 Å². The van der Waals surface area contributed by atoms with E-state index in [0.717, 1.165) is 5.16 Å². The largest absolute Gasteiger partial charge is 0.0693 e. The Hall–Kier alpha value is -1.48. The highest BCUT2D eigenvalue weighted by Gasteiger charge is 2.39. The molecule has 0 radical (unpaired) electrons. The summed E-state index contributed by atoms with van der Waals surface area (Å²) in [6, 6.07) is 26.7. The highest BCUT2D eigenvalue weighted by molar-refractivity contribution is 7.35. The molecular formula is C24H31PSi2. The third-order valence-corrected chi connectivity index (χ3v) is 16.1. The van der Waals surface area contributed by atoms with Crippen molar-refractivity contribution in [1.82, 2.24) is 0 Å². The van der Waals surface area contributed by atoms with E-state index in [4.69, 9.17) is 0 Å². The lowest BCUT2D eigenvalue weighted by molar-refractivity contribution is 1.22. The molecule has 3 aromatic rings. The Labute approximate surface area is 168 Å². The lowest BCUT2D eigenvalue weighted by Gasteiger charge is -2.39. The van der Waals surface area contributed by atoms with Crippen LogP contribution in [0.4, 0.5) is 0 Å². The highest BCUT2D eigenvalue weighted by atomic mass is 31.0. The van der Waals surface area contributed by atoms with Gasteiger partial charge in [0.25, 0.3) is 0 Å². The van der Waals surface area contributed by atoms with Gasteiger partial charge in [-0.3, -0.25) is 0 Å². The van der Waals surface area contributed by atoms with E-state index in [1.54, 1.807) is 5.30 Å².